The number of aromatic nitrogens is 3. The van der Waals surface area contributed by atoms with Crippen molar-refractivity contribution in [1.29, 1.82) is 0 Å². The number of hydrogen-bond donors (Lipinski definition) is 1. The molecule has 2 rings (SSSR count). The fraction of sp³-hybridized carbons (Fsp3) is 0.364. The molecule has 17 heavy (non-hydrogen) atoms. The van der Waals surface area contributed by atoms with E-state index in [4.69, 9.17) is 16.1 Å². The number of pyridine rings is 1. The normalized spacial score (nSPS) is 12.6. The summed E-state index contributed by atoms with van der Waals surface area (Å²) in [6.45, 7) is 2.05. The predicted octanol–water partition coefficient (Wildman–Crippen LogP) is 1.94. The standard InChI is InChI=1S/C11H13ClN4O/c1-7(13-2)5-10-15-11(16-17-10)9-4-3-8(12)6-14-9/h3-4,6-7,13H,5H2,1-2H3. The van der Waals surface area contributed by atoms with Crippen LogP contribution in [0.3, 0.4) is 0 Å². The maximum atomic E-state index is 5.76. The van der Waals surface area contributed by atoms with Gasteiger partial charge in [-0.2, -0.15) is 4.98 Å². The van der Waals surface area contributed by atoms with Crippen LogP contribution in [-0.2, 0) is 6.42 Å². The first-order chi connectivity index (χ1) is 8.19. The first-order valence-corrected chi connectivity index (χ1v) is 5.68. The summed E-state index contributed by atoms with van der Waals surface area (Å²) in [5.74, 6) is 1.08. The minimum Gasteiger partial charge on any atom is -0.339 e. The van der Waals surface area contributed by atoms with Crippen LogP contribution in [0, 0.1) is 0 Å². The summed E-state index contributed by atoms with van der Waals surface area (Å²) >= 11 is 5.76. The predicted molar refractivity (Wildman–Crippen MR) is 64.8 cm³/mol. The van der Waals surface area contributed by atoms with Gasteiger partial charge in [0.25, 0.3) is 0 Å². The Morgan fingerprint density at radius 1 is 1.47 bits per heavy atom. The molecule has 0 radical (unpaired) electrons. The van der Waals surface area contributed by atoms with Crippen LogP contribution >= 0.6 is 11.6 Å². The molecule has 0 fully saturated rings. The molecule has 0 aromatic carbocycles. The van der Waals surface area contributed by atoms with Gasteiger partial charge in [0.2, 0.25) is 11.7 Å². The fourth-order valence-corrected chi connectivity index (χ4v) is 1.43. The Bertz CT molecular complexity index is 482. The van der Waals surface area contributed by atoms with Crippen molar-refractivity contribution >= 4 is 11.6 Å². The molecule has 1 unspecified atom stereocenters. The molecule has 0 spiro atoms. The Hall–Kier alpha value is -1.46. The van der Waals surface area contributed by atoms with E-state index in [-0.39, 0.29) is 0 Å². The van der Waals surface area contributed by atoms with Gasteiger partial charge in [-0.3, -0.25) is 4.98 Å². The molecule has 2 aromatic rings. The lowest BCUT2D eigenvalue weighted by Crippen LogP contribution is -2.23. The highest BCUT2D eigenvalue weighted by Gasteiger charge is 2.11. The number of likely N-dealkylation sites (N-methyl/N-ethyl adjacent to an activating group) is 1. The lowest BCUT2D eigenvalue weighted by atomic mass is 10.2. The fourth-order valence-electron chi connectivity index (χ4n) is 1.31. The molecule has 1 atom stereocenters. The number of halogens is 1. The van der Waals surface area contributed by atoms with Crippen LogP contribution in [0.2, 0.25) is 5.02 Å². The van der Waals surface area contributed by atoms with E-state index in [0.717, 1.165) is 0 Å². The molecule has 0 aliphatic heterocycles. The lowest BCUT2D eigenvalue weighted by Gasteiger charge is -2.04. The minimum absolute atomic E-state index is 0.293. The van der Waals surface area contributed by atoms with Crippen molar-refractivity contribution in [3.8, 4) is 11.5 Å². The maximum absolute atomic E-state index is 5.76. The van der Waals surface area contributed by atoms with Crippen molar-refractivity contribution < 1.29 is 4.52 Å². The molecule has 0 amide bonds. The molecule has 1 N–H and O–H groups in total. The second kappa shape index (κ2) is 5.25. The first-order valence-electron chi connectivity index (χ1n) is 5.31. The molecule has 2 heterocycles. The second-order valence-corrected chi connectivity index (χ2v) is 4.20. The molecule has 6 heteroatoms. The van der Waals surface area contributed by atoms with Gasteiger partial charge in [0.15, 0.2) is 0 Å². The Morgan fingerprint density at radius 3 is 2.94 bits per heavy atom. The summed E-state index contributed by atoms with van der Waals surface area (Å²) in [5, 5.41) is 7.58. The Labute approximate surface area is 104 Å². The van der Waals surface area contributed by atoms with Gasteiger partial charge < -0.3 is 9.84 Å². The lowest BCUT2D eigenvalue weighted by molar-refractivity contribution is 0.365. The summed E-state index contributed by atoms with van der Waals surface area (Å²) in [5.41, 5.74) is 0.654. The van der Waals surface area contributed by atoms with Crippen LogP contribution in [0.25, 0.3) is 11.5 Å². The van der Waals surface area contributed by atoms with Crippen molar-refractivity contribution in [2.45, 2.75) is 19.4 Å². The number of rotatable bonds is 4. The maximum Gasteiger partial charge on any atom is 0.228 e. The zero-order chi connectivity index (χ0) is 12.3. The van der Waals surface area contributed by atoms with Gasteiger partial charge in [-0.05, 0) is 26.1 Å². The second-order valence-electron chi connectivity index (χ2n) is 3.77. The van der Waals surface area contributed by atoms with Crippen molar-refractivity contribution in [1.82, 2.24) is 20.4 Å². The monoisotopic (exact) mass is 252 g/mol. The third-order valence-electron chi connectivity index (χ3n) is 2.40. The van der Waals surface area contributed by atoms with E-state index in [1.807, 2.05) is 14.0 Å². The summed E-state index contributed by atoms with van der Waals surface area (Å²) in [4.78, 5) is 8.40. The molecule has 0 aliphatic rings. The largest absolute Gasteiger partial charge is 0.339 e. The van der Waals surface area contributed by atoms with Crippen LogP contribution in [0.15, 0.2) is 22.9 Å². The quantitative estimate of drug-likeness (QED) is 0.901. The average molecular weight is 253 g/mol. The highest BCUT2D eigenvalue weighted by atomic mass is 35.5. The van der Waals surface area contributed by atoms with E-state index < -0.39 is 0 Å². The van der Waals surface area contributed by atoms with Gasteiger partial charge in [0, 0.05) is 18.7 Å². The van der Waals surface area contributed by atoms with Gasteiger partial charge in [-0.15, -0.1) is 0 Å². The molecule has 2 aromatic heterocycles. The zero-order valence-corrected chi connectivity index (χ0v) is 10.4. The summed E-state index contributed by atoms with van der Waals surface area (Å²) in [6.07, 6.45) is 2.25. The Balaban J connectivity index is 2.15. The molecule has 0 saturated carbocycles. The molecule has 0 bridgehead atoms. The van der Waals surface area contributed by atoms with Crippen molar-refractivity contribution in [2.24, 2.45) is 0 Å². The van der Waals surface area contributed by atoms with E-state index in [0.29, 0.717) is 34.9 Å². The first kappa shape index (κ1) is 12.0. The van der Waals surface area contributed by atoms with Crippen LogP contribution in [0.4, 0.5) is 0 Å². The van der Waals surface area contributed by atoms with Gasteiger partial charge >= 0.3 is 0 Å². The van der Waals surface area contributed by atoms with E-state index in [1.54, 1.807) is 18.3 Å². The van der Waals surface area contributed by atoms with Crippen LogP contribution in [0.5, 0.6) is 0 Å². The van der Waals surface area contributed by atoms with Crippen LogP contribution in [-0.4, -0.2) is 28.2 Å². The number of hydrogen-bond acceptors (Lipinski definition) is 5. The topological polar surface area (TPSA) is 63.8 Å². The van der Waals surface area contributed by atoms with Gasteiger partial charge in [-0.25, -0.2) is 0 Å². The molecule has 5 nitrogen and oxygen atoms in total. The van der Waals surface area contributed by atoms with E-state index >= 15 is 0 Å². The highest BCUT2D eigenvalue weighted by Crippen LogP contribution is 2.15. The average Bonchev–Trinajstić information content (AvgIpc) is 2.78. The van der Waals surface area contributed by atoms with Crippen LogP contribution < -0.4 is 5.32 Å². The van der Waals surface area contributed by atoms with Crippen molar-refractivity contribution in [3.05, 3.63) is 29.2 Å². The van der Waals surface area contributed by atoms with Crippen molar-refractivity contribution in [2.75, 3.05) is 7.05 Å². The molecule has 0 aliphatic carbocycles. The highest BCUT2D eigenvalue weighted by molar-refractivity contribution is 6.30. The molecular formula is C11H13ClN4O. The van der Waals surface area contributed by atoms with E-state index in [1.165, 1.54) is 0 Å². The van der Waals surface area contributed by atoms with Gasteiger partial charge in [0.1, 0.15) is 5.69 Å². The molecule has 0 saturated heterocycles. The smallest absolute Gasteiger partial charge is 0.228 e. The SMILES string of the molecule is CNC(C)Cc1nc(-c2ccc(Cl)cn2)no1. The minimum atomic E-state index is 0.293. The third-order valence-corrected chi connectivity index (χ3v) is 2.62. The Kier molecular flexibility index (Phi) is 3.71. The van der Waals surface area contributed by atoms with Crippen molar-refractivity contribution in [3.63, 3.8) is 0 Å². The Morgan fingerprint density at radius 2 is 2.29 bits per heavy atom. The van der Waals surface area contributed by atoms with E-state index in [9.17, 15) is 0 Å². The summed E-state index contributed by atoms with van der Waals surface area (Å²) in [7, 11) is 1.89. The zero-order valence-electron chi connectivity index (χ0n) is 9.64. The third kappa shape index (κ3) is 3.01. The molecular weight excluding hydrogens is 240 g/mol. The van der Waals surface area contributed by atoms with Gasteiger partial charge in [-0.1, -0.05) is 16.8 Å². The summed E-state index contributed by atoms with van der Waals surface area (Å²) in [6, 6.07) is 3.80. The number of nitrogens with one attached hydrogen (secondary N) is 1. The molecule has 90 valence electrons. The van der Waals surface area contributed by atoms with E-state index in [2.05, 4.69) is 20.4 Å². The van der Waals surface area contributed by atoms with Gasteiger partial charge in [0.05, 0.1) is 5.02 Å². The summed E-state index contributed by atoms with van der Waals surface area (Å²) < 4.78 is 5.15. The van der Waals surface area contributed by atoms with Crippen LogP contribution in [0.1, 0.15) is 12.8 Å². The number of nitrogens with zero attached hydrogens (tertiary/aromatic N) is 3.